The van der Waals surface area contributed by atoms with E-state index < -0.39 is 0 Å². The van der Waals surface area contributed by atoms with Crippen molar-refractivity contribution in [1.82, 2.24) is 15.0 Å². The number of hydrogen-bond donors (Lipinski definition) is 0. The number of aromatic nitrogens is 3. The van der Waals surface area contributed by atoms with Gasteiger partial charge in [0.2, 0.25) is 0 Å². The number of hydrogen-bond acceptors (Lipinski definition) is 3. The standard InChI is InChI=1S/C65H47N3/c1-44-33-55(41-66-39-44)60-22-11-9-19-57(60)52-35-53(58-20-10-12-23-61(58)56-34-45(2)40-67-42-56)37-54(36-52)59-21-13-14-24-62(59)64-43-68-65(51-17-7-4-8-18-51)38-63(64)50-31-29-49(30-32-50)48-27-25-47(26-28-48)46-15-5-3-6-16-46/h3-43H,1-2H3. The summed E-state index contributed by atoms with van der Waals surface area (Å²) in [6.45, 7) is 4.20. The molecule has 0 aliphatic carbocycles. The lowest BCUT2D eigenvalue weighted by molar-refractivity contribution is 1.27. The molecule has 0 bridgehead atoms. The van der Waals surface area contributed by atoms with Crippen molar-refractivity contribution in [2.24, 2.45) is 0 Å². The molecule has 0 N–H and O–H groups in total. The molecule has 3 nitrogen and oxygen atoms in total. The largest absolute Gasteiger partial charge is 0.264 e. The Morgan fingerprint density at radius 3 is 1.01 bits per heavy atom. The fraction of sp³-hybridized carbons (Fsp3) is 0.0308. The summed E-state index contributed by atoms with van der Waals surface area (Å²) in [6.07, 6.45) is 9.82. The Morgan fingerprint density at radius 2 is 0.574 bits per heavy atom. The maximum absolute atomic E-state index is 5.17. The van der Waals surface area contributed by atoms with Crippen molar-refractivity contribution >= 4 is 0 Å². The Kier molecular flexibility index (Phi) is 11.5. The molecule has 0 aliphatic rings. The van der Waals surface area contributed by atoms with Crippen LogP contribution in [0.2, 0.25) is 0 Å². The highest BCUT2D eigenvalue weighted by Crippen LogP contribution is 2.44. The normalized spacial score (nSPS) is 11.1. The molecule has 8 aromatic carbocycles. The van der Waals surface area contributed by atoms with Crippen molar-refractivity contribution in [3.63, 3.8) is 0 Å². The fourth-order valence-corrected chi connectivity index (χ4v) is 9.45. The second-order valence-electron chi connectivity index (χ2n) is 17.4. The van der Waals surface area contributed by atoms with Gasteiger partial charge in [0.25, 0.3) is 0 Å². The first-order valence-corrected chi connectivity index (χ1v) is 23.1. The van der Waals surface area contributed by atoms with E-state index in [0.717, 1.165) is 100 Å². The molecular weight excluding hydrogens is 823 g/mol. The average Bonchev–Trinajstić information content (AvgIpc) is 3.41. The Balaban J connectivity index is 1.08. The number of pyridine rings is 3. The van der Waals surface area contributed by atoms with Crippen molar-refractivity contribution < 1.29 is 0 Å². The average molecular weight is 870 g/mol. The lowest BCUT2D eigenvalue weighted by Crippen LogP contribution is -1.95. The minimum Gasteiger partial charge on any atom is -0.264 e. The van der Waals surface area contributed by atoms with Crippen LogP contribution in [0.25, 0.3) is 111 Å². The van der Waals surface area contributed by atoms with E-state index in [1.807, 2.05) is 24.8 Å². The first kappa shape index (κ1) is 41.9. The van der Waals surface area contributed by atoms with E-state index in [0.29, 0.717) is 0 Å². The van der Waals surface area contributed by atoms with Crippen LogP contribution in [-0.4, -0.2) is 15.0 Å². The summed E-state index contributed by atoms with van der Waals surface area (Å²) in [4.78, 5) is 14.4. The molecule has 0 amide bonds. The number of aryl methyl sites for hydroxylation is 2. The van der Waals surface area contributed by atoms with Crippen molar-refractivity contribution in [3.8, 4) is 111 Å². The minimum atomic E-state index is 0.927. The van der Waals surface area contributed by atoms with Crippen molar-refractivity contribution in [3.05, 3.63) is 261 Å². The van der Waals surface area contributed by atoms with Gasteiger partial charge in [-0.15, -0.1) is 0 Å². The second-order valence-corrected chi connectivity index (χ2v) is 17.4. The minimum absolute atomic E-state index is 0.927. The smallest absolute Gasteiger partial charge is 0.0708 e. The van der Waals surface area contributed by atoms with Gasteiger partial charge in [-0.25, -0.2) is 0 Å². The Labute approximate surface area is 398 Å². The molecule has 0 saturated heterocycles. The van der Waals surface area contributed by atoms with E-state index in [1.54, 1.807) is 0 Å². The van der Waals surface area contributed by atoms with Gasteiger partial charge >= 0.3 is 0 Å². The molecule has 68 heavy (non-hydrogen) atoms. The zero-order chi connectivity index (χ0) is 45.8. The van der Waals surface area contributed by atoms with Gasteiger partial charge in [0.15, 0.2) is 0 Å². The summed E-state index contributed by atoms with van der Waals surface area (Å²) >= 11 is 0. The van der Waals surface area contributed by atoms with Gasteiger partial charge in [-0.05, 0) is 145 Å². The molecule has 3 aromatic heterocycles. The Hall–Kier alpha value is -8.79. The lowest BCUT2D eigenvalue weighted by atomic mass is 9.85. The van der Waals surface area contributed by atoms with Gasteiger partial charge in [-0.3, -0.25) is 15.0 Å². The highest BCUT2D eigenvalue weighted by molar-refractivity contribution is 5.97. The molecule has 11 aromatic rings. The lowest BCUT2D eigenvalue weighted by Gasteiger charge is -2.19. The molecule has 11 rings (SSSR count). The monoisotopic (exact) mass is 869 g/mol. The molecular formula is C65H47N3. The summed E-state index contributed by atoms with van der Waals surface area (Å²) in [7, 11) is 0. The van der Waals surface area contributed by atoms with E-state index in [4.69, 9.17) is 4.98 Å². The van der Waals surface area contributed by atoms with Crippen LogP contribution in [0.15, 0.2) is 249 Å². The van der Waals surface area contributed by atoms with E-state index in [9.17, 15) is 0 Å². The maximum atomic E-state index is 5.17. The number of rotatable bonds is 10. The molecule has 0 unspecified atom stereocenters. The van der Waals surface area contributed by atoms with Crippen molar-refractivity contribution in [2.45, 2.75) is 13.8 Å². The first-order chi connectivity index (χ1) is 33.5. The van der Waals surface area contributed by atoms with Crippen molar-refractivity contribution in [2.75, 3.05) is 0 Å². The van der Waals surface area contributed by atoms with E-state index in [-0.39, 0.29) is 0 Å². The van der Waals surface area contributed by atoms with Crippen LogP contribution in [0.1, 0.15) is 11.1 Å². The molecule has 0 atom stereocenters. The highest BCUT2D eigenvalue weighted by atomic mass is 14.7. The third-order valence-electron chi connectivity index (χ3n) is 12.8. The Morgan fingerprint density at radius 1 is 0.221 bits per heavy atom. The van der Waals surface area contributed by atoms with Crippen LogP contribution in [-0.2, 0) is 0 Å². The Bertz CT molecular complexity index is 3450. The third kappa shape index (κ3) is 8.57. The van der Waals surface area contributed by atoms with Gasteiger partial charge in [-0.2, -0.15) is 0 Å². The maximum Gasteiger partial charge on any atom is 0.0708 e. The van der Waals surface area contributed by atoms with Gasteiger partial charge in [-0.1, -0.05) is 182 Å². The topological polar surface area (TPSA) is 38.7 Å². The summed E-state index contributed by atoms with van der Waals surface area (Å²) in [5, 5.41) is 0. The van der Waals surface area contributed by atoms with Gasteiger partial charge in [0.1, 0.15) is 0 Å². The van der Waals surface area contributed by atoms with Crippen molar-refractivity contribution in [1.29, 1.82) is 0 Å². The van der Waals surface area contributed by atoms with E-state index in [1.165, 1.54) is 22.3 Å². The molecule has 3 heteroatoms. The zero-order valence-corrected chi connectivity index (χ0v) is 38.0. The summed E-state index contributed by atoms with van der Waals surface area (Å²) < 4.78 is 0. The molecule has 0 radical (unpaired) electrons. The number of benzene rings is 8. The molecule has 0 spiro atoms. The SMILES string of the molecule is Cc1cncc(-c2ccccc2-c2cc(-c3ccccc3-c3cncc(C)c3)cc(-c3ccccc3-c3cnc(-c4ccccc4)cc3-c3ccc(-c4ccc(-c5ccccc5)cc4)cc3)c2)c1. The summed E-state index contributed by atoms with van der Waals surface area (Å²) in [5.41, 5.74) is 24.6. The molecule has 0 aliphatic heterocycles. The van der Waals surface area contributed by atoms with Gasteiger partial charge in [0, 0.05) is 53.2 Å². The predicted octanol–water partition coefficient (Wildman–Crippen LogP) is 17.2. The van der Waals surface area contributed by atoms with Gasteiger partial charge < -0.3 is 0 Å². The fourth-order valence-electron chi connectivity index (χ4n) is 9.45. The first-order valence-electron chi connectivity index (χ1n) is 23.1. The molecule has 0 fully saturated rings. The molecule has 0 saturated carbocycles. The predicted molar refractivity (Wildman–Crippen MR) is 284 cm³/mol. The van der Waals surface area contributed by atoms with Crippen LogP contribution in [0.5, 0.6) is 0 Å². The van der Waals surface area contributed by atoms with Crippen LogP contribution < -0.4 is 0 Å². The van der Waals surface area contributed by atoms with Crippen LogP contribution in [0.4, 0.5) is 0 Å². The molecule has 3 heterocycles. The number of nitrogens with zero attached hydrogens (tertiary/aromatic N) is 3. The van der Waals surface area contributed by atoms with Crippen LogP contribution >= 0.6 is 0 Å². The zero-order valence-electron chi connectivity index (χ0n) is 38.0. The van der Waals surface area contributed by atoms with E-state index >= 15 is 0 Å². The van der Waals surface area contributed by atoms with E-state index in [2.05, 4.69) is 248 Å². The second kappa shape index (κ2) is 18.6. The highest BCUT2D eigenvalue weighted by Gasteiger charge is 2.19. The quantitative estimate of drug-likeness (QED) is 0.137. The third-order valence-corrected chi connectivity index (χ3v) is 12.8. The summed E-state index contributed by atoms with van der Waals surface area (Å²) in [5.74, 6) is 0. The van der Waals surface area contributed by atoms with Crippen LogP contribution in [0.3, 0.4) is 0 Å². The van der Waals surface area contributed by atoms with Crippen LogP contribution in [0, 0.1) is 13.8 Å². The molecule has 322 valence electrons. The van der Waals surface area contributed by atoms with Gasteiger partial charge in [0.05, 0.1) is 5.69 Å². The summed E-state index contributed by atoms with van der Waals surface area (Å²) in [6, 6.07) is 78.7.